The topological polar surface area (TPSA) is 72.5 Å². The van der Waals surface area contributed by atoms with Gasteiger partial charge in [0.2, 0.25) is 15.9 Å². The van der Waals surface area contributed by atoms with Crippen molar-refractivity contribution in [2.75, 3.05) is 12.4 Å². The van der Waals surface area contributed by atoms with E-state index in [0.29, 0.717) is 19.4 Å². The molecular weight excluding hydrogens is 254 g/mol. The largest absolute Gasteiger partial charge is 0.377 e. The number of rotatable bonds is 6. The predicted molar refractivity (Wildman–Crippen MR) is 69.6 cm³/mol. The van der Waals surface area contributed by atoms with Gasteiger partial charge in [0.05, 0.1) is 11.9 Å². The fourth-order valence-electron chi connectivity index (χ4n) is 2.12. The molecule has 1 saturated heterocycles. The van der Waals surface area contributed by atoms with E-state index in [0.717, 1.165) is 19.3 Å². The van der Waals surface area contributed by atoms with Crippen LogP contribution in [-0.2, 0) is 19.6 Å². The molecule has 0 radical (unpaired) electrons. The van der Waals surface area contributed by atoms with Gasteiger partial charge in [-0.05, 0) is 32.1 Å². The number of hydrogen-bond donors (Lipinski definition) is 1. The van der Waals surface area contributed by atoms with Gasteiger partial charge >= 0.3 is 0 Å². The van der Waals surface area contributed by atoms with Crippen molar-refractivity contribution in [3.05, 3.63) is 0 Å². The maximum Gasteiger partial charge on any atom is 0.237 e. The molecule has 1 rings (SSSR count). The van der Waals surface area contributed by atoms with Crippen LogP contribution in [0.5, 0.6) is 0 Å². The second-order valence-electron chi connectivity index (χ2n) is 4.75. The number of nitrogens with one attached hydrogen (secondary N) is 1. The highest BCUT2D eigenvalue weighted by molar-refractivity contribution is 7.90. The van der Waals surface area contributed by atoms with Crippen LogP contribution in [0.15, 0.2) is 0 Å². The molecular formula is C12H23NO4S. The Hall–Kier alpha value is -0.620. The molecule has 0 aromatic heterocycles. The van der Waals surface area contributed by atoms with Gasteiger partial charge in [-0.25, -0.2) is 8.42 Å². The first-order valence-corrected chi connectivity index (χ1v) is 8.29. The first-order chi connectivity index (χ1) is 8.48. The number of amides is 1. The molecule has 1 N–H and O–H groups in total. The summed E-state index contributed by atoms with van der Waals surface area (Å²) in [6.45, 7) is 4.37. The van der Waals surface area contributed by atoms with Gasteiger partial charge < -0.3 is 4.74 Å². The van der Waals surface area contributed by atoms with Gasteiger partial charge in [0.1, 0.15) is 0 Å². The second-order valence-corrected chi connectivity index (χ2v) is 6.52. The van der Waals surface area contributed by atoms with Crippen molar-refractivity contribution < 1.29 is 17.9 Å². The van der Waals surface area contributed by atoms with Gasteiger partial charge in [0.25, 0.3) is 0 Å². The highest BCUT2D eigenvalue weighted by Crippen LogP contribution is 2.14. The Morgan fingerprint density at radius 3 is 2.50 bits per heavy atom. The van der Waals surface area contributed by atoms with E-state index in [1.165, 1.54) is 0 Å². The van der Waals surface area contributed by atoms with E-state index in [4.69, 9.17) is 4.74 Å². The average Bonchev–Trinajstić information content (AvgIpc) is 2.30. The Bertz CT molecular complexity index is 356. The minimum absolute atomic E-state index is 0.112. The molecule has 0 aromatic carbocycles. The lowest BCUT2D eigenvalue weighted by Crippen LogP contribution is -2.40. The average molecular weight is 277 g/mol. The summed E-state index contributed by atoms with van der Waals surface area (Å²) in [5, 5.41) is 0. The maximum absolute atomic E-state index is 11.8. The molecule has 0 aliphatic carbocycles. The van der Waals surface area contributed by atoms with Crippen LogP contribution in [0.1, 0.15) is 46.0 Å². The summed E-state index contributed by atoms with van der Waals surface area (Å²) in [6, 6.07) is 0. The summed E-state index contributed by atoms with van der Waals surface area (Å²) in [5.74, 6) is -0.735. The zero-order valence-corrected chi connectivity index (χ0v) is 12.0. The first kappa shape index (κ1) is 15.4. The molecule has 0 bridgehead atoms. The third kappa shape index (κ3) is 4.94. The van der Waals surface area contributed by atoms with E-state index < -0.39 is 15.9 Å². The van der Waals surface area contributed by atoms with Crippen molar-refractivity contribution in [3.8, 4) is 0 Å². The number of sulfonamides is 1. The van der Waals surface area contributed by atoms with E-state index in [1.54, 1.807) is 0 Å². The summed E-state index contributed by atoms with van der Waals surface area (Å²) in [5.41, 5.74) is 0. The Kier molecular flexibility index (Phi) is 6.08. The van der Waals surface area contributed by atoms with E-state index in [1.807, 2.05) is 13.8 Å². The van der Waals surface area contributed by atoms with E-state index >= 15 is 0 Å². The van der Waals surface area contributed by atoms with Gasteiger partial charge in [0, 0.05) is 12.5 Å². The summed E-state index contributed by atoms with van der Waals surface area (Å²) in [7, 11) is -3.57. The van der Waals surface area contributed by atoms with Crippen LogP contribution in [0.25, 0.3) is 0 Å². The molecule has 6 heteroatoms. The van der Waals surface area contributed by atoms with Crippen LogP contribution < -0.4 is 4.72 Å². The van der Waals surface area contributed by atoms with Crippen molar-refractivity contribution in [1.29, 1.82) is 0 Å². The highest BCUT2D eigenvalue weighted by Gasteiger charge is 2.25. The van der Waals surface area contributed by atoms with Gasteiger partial charge in [-0.3, -0.25) is 9.52 Å². The van der Waals surface area contributed by atoms with Gasteiger partial charge in [0.15, 0.2) is 0 Å². The number of ether oxygens (including phenoxy) is 1. The first-order valence-electron chi connectivity index (χ1n) is 6.64. The Morgan fingerprint density at radius 2 is 2.00 bits per heavy atom. The van der Waals surface area contributed by atoms with Crippen LogP contribution in [0, 0.1) is 5.92 Å². The molecule has 18 heavy (non-hydrogen) atoms. The predicted octanol–water partition coefficient (Wildman–Crippen LogP) is 1.44. The van der Waals surface area contributed by atoms with Crippen LogP contribution in [0.3, 0.4) is 0 Å². The molecule has 1 amide bonds. The molecule has 0 saturated carbocycles. The van der Waals surface area contributed by atoms with E-state index in [2.05, 4.69) is 4.72 Å². The van der Waals surface area contributed by atoms with Crippen LogP contribution in [-0.4, -0.2) is 32.8 Å². The Labute approximate surface area is 109 Å². The lowest BCUT2D eigenvalue weighted by molar-refractivity contribution is -0.123. The lowest BCUT2D eigenvalue weighted by atomic mass is 10.0. The maximum atomic E-state index is 11.8. The molecule has 0 spiro atoms. The summed E-state index contributed by atoms with van der Waals surface area (Å²) in [4.78, 5) is 11.7. The Balaban J connectivity index is 2.50. The summed E-state index contributed by atoms with van der Waals surface area (Å²) < 4.78 is 31.2. The van der Waals surface area contributed by atoms with Crippen molar-refractivity contribution in [2.45, 2.75) is 52.1 Å². The number of carbonyl (C=O) groups excluding carboxylic acids is 1. The fraction of sp³-hybridized carbons (Fsp3) is 0.917. The van der Waals surface area contributed by atoms with Crippen molar-refractivity contribution in [3.63, 3.8) is 0 Å². The van der Waals surface area contributed by atoms with Crippen LogP contribution >= 0.6 is 0 Å². The van der Waals surface area contributed by atoms with Crippen molar-refractivity contribution in [2.24, 2.45) is 5.92 Å². The smallest absolute Gasteiger partial charge is 0.237 e. The third-order valence-corrected chi connectivity index (χ3v) is 4.61. The molecule has 106 valence electrons. The van der Waals surface area contributed by atoms with E-state index in [9.17, 15) is 13.2 Å². The zero-order valence-electron chi connectivity index (χ0n) is 11.1. The second kappa shape index (κ2) is 7.09. The van der Waals surface area contributed by atoms with Crippen molar-refractivity contribution in [1.82, 2.24) is 4.72 Å². The number of carbonyl (C=O) groups is 1. The quantitative estimate of drug-likeness (QED) is 0.797. The van der Waals surface area contributed by atoms with Gasteiger partial charge in [-0.15, -0.1) is 0 Å². The monoisotopic (exact) mass is 277 g/mol. The minimum Gasteiger partial charge on any atom is -0.377 e. The lowest BCUT2D eigenvalue weighted by Gasteiger charge is -2.22. The fourth-order valence-corrected chi connectivity index (χ4v) is 3.43. The molecule has 1 heterocycles. The summed E-state index contributed by atoms with van der Waals surface area (Å²) in [6.07, 6.45) is 3.75. The Morgan fingerprint density at radius 1 is 1.33 bits per heavy atom. The molecule has 1 atom stereocenters. The molecule has 1 aliphatic rings. The summed E-state index contributed by atoms with van der Waals surface area (Å²) >= 11 is 0. The molecule has 1 fully saturated rings. The SMILES string of the molecule is CCC(CC)C(=O)NS(=O)(=O)CC1CCCCO1. The third-order valence-electron chi connectivity index (χ3n) is 3.29. The van der Waals surface area contributed by atoms with Gasteiger partial charge in [-0.2, -0.15) is 0 Å². The van der Waals surface area contributed by atoms with Crippen molar-refractivity contribution >= 4 is 15.9 Å². The minimum atomic E-state index is -3.57. The standard InChI is InChI=1S/C12H23NO4S/c1-3-10(4-2)12(14)13-18(15,16)9-11-7-5-6-8-17-11/h10-11H,3-9H2,1-2H3,(H,13,14). The highest BCUT2D eigenvalue weighted by atomic mass is 32.2. The molecule has 1 unspecified atom stereocenters. The van der Waals surface area contributed by atoms with Crippen LogP contribution in [0.2, 0.25) is 0 Å². The number of hydrogen-bond acceptors (Lipinski definition) is 4. The van der Waals surface area contributed by atoms with E-state index in [-0.39, 0.29) is 17.8 Å². The molecule has 1 aliphatic heterocycles. The zero-order chi connectivity index (χ0) is 13.6. The normalized spacial score (nSPS) is 20.9. The van der Waals surface area contributed by atoms with Crippen LogP contribution in [0.4, 0.5) is 0 Å². The van der Waals surface area contributed by atoms with Gasteiger partial charge in [-0.1, -0.05) is 13.8 Å². The molecule has 0 aromatic rings. The molecule has 5 nitrogen and oxygen atoms in total.